The lowest BCUT2D eigenvalue weighted by atomic mass is 10.0. The van der Waals surface area contributed by atoms with Crippen LogP contribution in [0, 0.1) is 0 Å². The van der Waals surface area contributed by atoms with Gasteiger partial charge >= 0.3 is 11.9 Å². The van der Waals surface area contributed by atoms with E-state index in [0.717, 1.165) is 38.5 Å². The summed E-state index contributed by atoms with van der Waals surface area (Å²) in [4.78, 5) is 57.4. The molecule has 3 amide bonds. The number of thioether (sulfide) groups is 1. The van der Waals surface area contributed by atoms with E-state index in [0.29, 0.717) is 77.4 Å². The summed E-state index contributed by atoms with van der Waals surface area (Å²) in [5, 5.41) is 29.1. The lowest BCUT2D eigenvalue weighted by Gasteiger charge is -2.13. The van der Waals surface area contributed by atoms with Crippen molar-refractivity contribution in [3.8, 4) is 0 Å². The molecule has 0 aliphatic carbocycles. The molecule has 0 saturated carbocycles. The molecule has 1 atom stereocenters. The van der Waals surface area contributed by atoms with E-state index >= 15 is 0 Å². The highest BCUT2D eigenvalue weighted by Crippen LogP contribution is 2.14. The zero-order chi connectivity index (χ0) is 39.7. The Labute approximate surface area is 327 Å². The fraction of sp³-hybridized carbons (Fsp3) is 0.868. The zero-order valence-corrected chi connectivity index (χ0v) is 33.8. The number of carbonyl (C=O) groups excluding carboxylic acids is 3. The number of ether oxygens (including phenoxy) is 4. The second-order valence-corrected chi connectivity index (χ2v) is 14.1. The number of hydrogen-bond acceptors (Lipinski definition) is 11. The first-order valence-corrected chi connectivity index (χ1v) is 21.4. The lowest BCUT2D eigenvalue weighted by molar-refractivity contribution is -0.140. The molecule has 316 valence electrons. The predicted octanol–water partition coefficient (Wildman–Crippen LogP) is 4.26. The third-order valence-electron chi connectivity index (χ3n) is 8.41. The van der Waals surface area contributed by atoms with Crippen molar-refractivity contribution in [2.75, 3.05) is 84.6 Å². The number of rotatable bonds is 42. The minimum atomic E-state index is -0.868. The maximum atomic E-state index is 12.0. The topological polar surface area (TPSA) is 211 Å². The van der Waals surface area contributed by atoms with Crippen LogP contribution in [0.5, 0.6) is 0 Å². The van der Waals surface area contributed by atoms with Crippen molar-refractivity contribution in [3.63, 3.8) is 0 Å². The van der Waals surface area contributed by atoms with Gasteiger partial charge in [0.25, 0.3) is 0 Å². The predicted molar refractivity (Wildman–Crippen MR) is 211 cm³/mol. The number of amides is 3. The van der Waals surface area contributed by atoms with Gasteiger partial charge in [-0.1, -0.05) is 77.0 Å². The van der Waals surface area contributed by atoms with E-state index in [2.05, 4.69) is 21.3 Å². The van der Waals surface area contributed by atoms with Gasteiger partial charge in [-0.2, -0.15) is 0 Å². The molecule has 0 saturated heterocycles. The van der Waals surface area contributed by atoms with E-state index in [9.17, 15) is 29.1 Å². The molecule has 0 radical (unpaired) electrons. The molecular formula is C38H72N4O11S. The van der Waals surface area contributed by atoms with Gasteiger partial charge < -0.3 is 45.1 Å². The summed E-state index contributed by atoms with van der Waals surface area (Å²) in [5.74, 6) is -1.45. The number of aliphatic carboxylic acids is 2. The first-order chi connectivity index (χ1) is 26.3. The van der Waals surface area contributed by atoms with Crippen LogP contribution >= 0.6 is 11.8 Å². The molecule has 54 heavy (non-hydrogen) atoms. The van der Waals surface area contributed by atoms with E-state index in [1.807, 2.05) is 6.26 Å². The first-order valence-electron chi connectivity index (χ1n) is 20.0. The molecule has 0 fully saturated rings. The Bertz CT molecular complexity index is 949. The molecule has 0 aliphatic rings. The van der Waals surface area contributed by atoms with Gasteiger partial charge in [-0.15, -0.1) is 11.8 Å². The summed E-state index contributed by atoms with van der Waals surface area (Å²) in [6, 6.07) is -0.580. The van der Waals surface area contributed by atoms with Crippen LogP contribution in [0.2, 0.25) is 0 Å². The molecular weight excluding hydrogens is 721 g/mol. The Balaban J connectivity index is 3.38. The van der Waals surface area contributed by atoms with Crippen LogP contribution in [0.4, 0.5) is 0 Å². The lowest BCUT2D eigenvalue weighted by Crippen LogP contribution is -2.36. The van der Waals surface area contributed by atoms with Gasteiger partial charge in [-0.3, -0.25) is 29.3 Å². The van der Waals surface area contributed by atoms with Crippen LogP contribution < -0.4 is 21.3 Å². The van der Waals surface area contributed by atoms with Gasteiger partial charge in [-0.05, 0) is 38.4 Å². The summed E-state index contributed by atoms with van der Waals surface area (Å²) < 4.78 is 21.4. The quantitative estimate of drug-likeness (QED) is 0.0378. The van der Waals surface area contributed by atoms with Crippen molar-refractivity contribution < 1.29 is 53.1 Å². The Morgan fingerprint density at radius 2 is 0.926 bits per heavy atom. The van der Waals surface area contributed by atoms with Crippen molar-refractivity contribution in [1.82, 2.24) is 21.3 Å². The van der Waals surface area contributed by atoms with E-state index in [-0.39, 0.29) is 50.8 Å². The number of carboxylic acids is 2. The average molecular weight is 793 g/mol. The standard InChI is InChI=1S/C38H72N4O11S/c1-54-32-42-33(38(48)49)18-16-17-21-39-35(44)30-52-28-27-51-25-23-41-36(45)31-53-29-26-50-24-22-40-34(43)19-14-12-10-8-6-4-2-3-5-7-9-11-13-15-20-37(46)47/h33,42H,2-32H2,1H3,(H,39,44)(H,40,43)(H,41,45)(H,46,47)(H,48,49). The molecule has 0 heterocycles. The van der Waals surface area contributed by atoms with Gasteiger partial charge in [0, 0.05) is 38.4 Å². The molecule has 0 aromatic rings. The third kappa shape index (κ3) is 39.2. The van der Waals surface area contributed by atoms with Crippen molar-refractivity contribution in [2.24, 2.45) is 0 Å². The van der Waals surface area contributed by atoms with Gasteiger partial charge in [0.05, 0.1) is 39.6 Å². The minimum Gasteiger partial charge on any atom is -0.481 e. The van der Waals surface area contributed by atoms with Gasteiger partial charge in [-0.25, -0.2) is 0 Å². The fourth-order valence-corrected chi connectivity index (χ4v) is 5.73. The van der Waals surface area contributed by atoms with Crippen molar-refractivity contribution in [2.45, 2.75) is 128 Å². The van der Waals surface area contributed by atoms with Gasteiger partial charge in [0.2, 0.25) is 17.7 Å². The van der Waals surface area contributed by atoms with Gasteiger partial charge in [0.15, 0.2) is 0 Å². The second-order valence-electron chi connectivity index (χ2n) is 13.2. The van der Waals surface area contributed by atoms with E-state index in [1.54, 1.807) is 0 Å². The highest BCUT2D eigenvalue weighted by Gasteiger charge is 2.15. The van der Waals surface area contributed by atoms with Crippen LogP contribution in [0.1, 0.15) is 122 Å². The number of carbonyl (C=O) groups is 5. The molecule has 1 unspecified atom stereocenters. The fourth-order valence-electron chi connectivity index (χ4n) is 5.37. The average Bonchev–Trinajstić information content (AvgIpc) is 3.14. The van der Waals surface area contributed by atoms with E-state index in [1.165, 1.54) is 63.1 Å². The number of hydrogen-bond donors (Lipinski definition) is 6. The summed E-state index contributed by atoms with van der Waals surface area (Å²) in [7, 11) is 0. The van der Waals surface area contributed by atoms with Gasteiger partial charge in [0.1, 0.15) is 19.3 Å². The van der Waals surface area contributed by atoms with Crippen LogP contribution in [-0.4, -0.2) is 131 Å². The molecule has 0 aromatic carbocycles. The van der Waals surface area contributed by atoms with Crippen LogP contribution in [0.25, 0.3) is 0 Å². The third-order valence-corrected chi connectivity index (χ3v) is 8.86. The molecule has 0 spiro atoms. The van der Waals surface area contributed by atoms with Crippen molar-refractivity contribution >= 4 is 41.4 Å². The molecule has 0 aliphatic heterocycles. The largest absolute Gasteiger partial charge is 0.481 e. The zero-order valence-electron chi connectivity index (χ0n) is 33.0. The normalized spacial score (nSPS) is 11.6. The van der Waals surface area contributed by atoms with Crippen LogP contribution in [0.15, 0.2) is 0 Å². The number of nitrogens with one attached hydrogen (secondary N) is 4. The molecule has 15 nitrogen and oxygen atoms in total. The maximum absolute atomic E-state index is 12.0. The summed E-state index contributed by atoms with van der Waals surface area (Å²) in [5.41, 5.74) is 0. The van der Waals surface area contributed by atoms with Crippen molar-refractivity contribution in [1.29, 1.82) is 0 Å². The SMILES string of the molecule is CSCNC(CCCCNC(=O)COCCOCCNC(=O)COCCOCCNC(=O)CCCCCCCCCCCCCCCCC(=O)O)C(=O)O. The Morgan fingerprint density at radius 1 is 0.500 bits per heavy atom. The van der Waals surface area contributed by atoms with Crippen LogP contribution in [0.3, 0.4) is 0 Å². The summed E-state index contributed by atoms with van der Waals surface area (Å²) in [6.45, 7) is 2.82. The highest BCUT2D eigenvalue weighted by molar-refractivity contribution is 7.98. The van der Waals surface area contributed by atoms with E-state index < -0.39 is 18.0 Å². The molecule has 6 N–H and O–H groups in total. The molecule has 0 rings (SSSR count). The monoisotopic (exact) mass is 792 g/mol. The van der Waals surface area contributed by atoms with Crippen LogP contribution in [-0.2, 0) is 42.9 Å². The first kappa shape index (κ1) is 51.5. The van der Waals surface area contributed by atoms with Crippen molar-refractivity contribution in [3.05, 3.63) is 0 Å². The summed E-state index contributed by atoms with van der Waals surface area (Å²) >= 11 is 1.53. The number of unbranched alkanes of at least 4 members (excludes halogenated alkanes) is 14. The smallest absolute Gasteiger partial charge is 0.320 e. The Hall–Kier alpha value is -2.50. The Kier molecular flexibility index (Phi) is 38.3. The highest BCUT2D eigenvalue weighted by atomic mass is 32.2. The number of carboxylic acid groups (broad SMARTS) is 2. The molecule has 0 aromatic heterocycles. The molecule has 0 bridgehead atoms. The summed E-state index contributed by atoms with van der Waals surface area (Å²) in [6.07, 6.45) is 20.7. The maximum Gasteiger partial charge on any atom is 0.320 e. The molecule has 16 heteroatoms. The van der Waals surface area contributed by atoms with E-state index in [4.69, 9.17) is 24.1 Å². The Morgan fingerprint density at radius 3 is 1.39 bits per heavy atom. The second kappa shape index (κ2) is 40.2. The minimum absolute atomic E-state index is 0.0422.